The molecule has 1 fully saturated rings. The van der Waals surface area contributed by atoms with Gasteiger partial charge >= 0.3 is 0 Å². The van der Waals surface area contributed by atoms with Gasteiger partial charge in [-0.15, -0.1) is 0 Å². The second kappa shape index (κ2) is 5.25. The molecule has 0 aromatic carbocycles. The quantitative estimate of drug-likeness (QED) is 0.783. The highest BCUT2D eigenvalue weighted by Gasteiger charge is 2.36. The van der Waals surface area contributed by atoms with E-state index >= 15 is 0 Å². The summed E-state index contributed by atoms with van der Waals surface area (Å²) in [6.07, 6.45) is 3.88. The van der Waals surface area contributed by atoms with E-state index in [4.69, 9.17) is 4.42 Å². The molecule has 94 valence electrons. The molecule has 2 rings (SSSR count). The monoisotopic (exact) mass is 299 g/mol. The molecule has 0 aliphatic heterocycles. The van der Waals surface area contributed by atoms with Crippen LogP contribution in [0.15, 0.2) is 22.8 Å². The molecule has 1 aromatic heterocycles. The van der Waals surface area contributed by atoms with Crippen LogP contribution in [0, 0.1) is 5.92 Å². The summed E-state index contributed by atoms with van der Waals surface area (Å²) in [6, 6.07) is 4.19. The highest BCUT2D eigenvalue weighted by Crippen LogP contribution is 2.31. The number of alkyl halides is 1. The van der Waals surface area contributed by atoms with E-state index in [2.05, 4.69) is 29.8 Å². The van der Waals surface area contributed by atoms with Crippen molar-refractivity contribution in [2.75, 3.05) is 0 Å². The van der Waals surface area contributed by atoms with E-state index in [1.54, 1.807) is 6.26 Å². The molecule has 1 unspecified atom stereocenters. The fourth-order valence-electron chi connectivity index (χ4n) is 1.79. The number of hydrogen-bond acceptors (Lipinski definition) is 2. The summed E-state index contributed by atoms with van der Waals surface area (Å²) in [5.74, 6) is 1.34. The van der Waals surface area contributed by atoms with Crippen molar-refractivity contribution in [1.29, 1.82) is 0 Å². The van der Waals surface area contributed by atoms with E-state index in [0.717, 1.165) is 18.6 Å². The summed E-state index contributed by atoms with van der Waals surface area (Å²) in [6.45, 7) is 4.69. The average molecular weight is 300 g/mol. The number of carbonyl (C=O) groups is 1. The van der Waals surface area contributed by atoms with Gasteiger partial charge in [0.25, 0.3) is 0 Å². The van der Waals surface area contributed by atoms with Gasteiger partial charge in [0.1, 0.15) is 5.76 Å². The van der Waals surface area contributed by atoms with Crippen molar-refractivity contribution < 1.29 is 9.21 Å². The first-order valence-corrected chi connectivity index (χ1v) is 6.98. The van der Waals surface area contributed by atoms with Gasteiger partial charge in [-0.1, -0.05) is 29.8 Å². The maximum absolute atomic E-state index is 12.3. The third kappa shape index (κ3) is 3.12. The van der Waals surface area contributed by atoms with E-state index in [1.807, 2.05) is 17.0 Å². The Kier molecular flexibility index (Phi) is 3.92. The summed E-state index contributed by atoms with van der Waals surface area (Å²) in [7, 11) is 0. The largest absolute Gasteiger partial charge is 0.467 e. The van der Waals surface area contributed by atoms with Crippen LogP contribution in [0.3, 0.4) is 0 Å². The first-order valence-electron chi connectivity index (χ1n) is 6.06. The predicted molar refractivity (Wildman–Crippen MR) is 69.8 cm³/mol. The summed E-state index contributed by atoms with van der Waals surface area (Å²) in [5.41, 5.74) is 0. The van der Waals surface area contributed by atoms with Crippen molar-refractivity contribution >= 4 is 21.8 Å². The molecule has 1 aromatic rings. The number of amides is 1. The second-order valence-corrected chi connectivity index (χ2v) is 5.91. The Morgan fingerprint density at radius 3 is 2.76 bits per heavy atom. The fourth-order valence-corrected chi connectivity index (χ4v) is 2.05. The van der Waals surface area contributed by atoms with Gasteiger partial charge in [0.15, 0.2) is 0 Å². The molecule has 3 nitrogen and oxygen atoms in total. The zero-order valence-electron chi connectivity index (χ0n) is 10.2. The summed E-state index contributed by atoms with van der Waals surface area (Å²) in [4.78, 5) is 14.2. The predicted octanol–water partition coefficient (Wildman–Crippen LogP) is 3.19. The third-order valence-electron chi connectivity index (χ3n) is 3.00. The van der Waals surface area contributed by atoms with Crippen molar-refractivity contribution in [3.05, 3.63) is 24.2 Å². The van der Waals surface area contributed by atoms with Gasteiger partial charge in [-0.2, -0.15) is 0 Å². The van der Waals surface area contributed by atoms with Crippen LogP contribution in [0.1, 0.15) is 32.4 Å². The van der Waals surface area contributed by atoms with Gasteiger partial charge in [-0.05, 0) is 30.9 Å². The van der Waals surface area contributed by atoms with Gasteiger partial charge in [0, 0.05) is 6.04 Å². The summed E-state index contributed by atoms with van der Waals surface area (Å²) in [5, 5.41) is 0. The van der Waals surface area contributed by atoms with Crippen molar-refractivity contribution in [3.8, 4) is 0 Å². The second-order valence-electron chi connectivity index (χ2n) is 4.92. The number of halogens is 1. The molecule has 0 saturated heterocycles. The van der Waals surface area contributed by atoms with Crippen molar-refractivity contribution in [3.63, 3.8) is 0 Å². The van der Waals surface area contributed by atoms with E-state index < -0.39 is 0 Å². The number of rotatable bonds is 5. The molecule has 1 saturated carbocycles. The Balaban J connectivity index is 2.04. The van der Waals surface area contributed by atoms with E-state index in [1.165, 1.54) is 0 Å². The Labute approximate surface area is 110 Å². The van der Waals surface area contributed by atoms with Crippen LogP contribution in [0.2, 0.25) is 0 Å². The SMILES string of the molecule is CC(C)C(Br)C(=O)N(Cc1ccco1)C1CC1. The summed E-state index contributed by atoms with van der Waals surface area (Å²) < 4.78 is 5.32. The van der Waals surface area contributed by atoms with Gasteiger partial charge in [0.05, 0.1) is 17.6 Å². The van der Waals surface area contributed by atoms with Crippen LogP contribution in [0.4, 0.5) is 0 Å². The molecule has 4 heteroatoms. The third-order valence-corrected chi connectivity index (χ3v) is 4.45. The lowest BCUT2D eigenvalue weighted by molar-refractivity contribution is -0.132. The van der Waals surface area contributed by atoms with Crippen LogP contribution in [0.5, 0.6) is 0 Å². The van der Waals surface area contributed by atoms with Gasteiger partial charge in [-0.25, -0.2) is 0 Å². The number of carbonyl (C=O) groups excluding carboxylic acids is 1. The van der Waals surface area contributed by atoms with Crippen LogP contribution < -0.4 is 0 Å². The van der Waals surface area contributed by atoms with Crippen LogP contribution in [0.25, 0.3) is 0 Å². The van der Waals surface area contributed by atoms with Crippen LogP contribution in [-0.4, -0.2) is 21.7 Å². The lowest BCUT2D eigenvalue weighted by Gasteiger charge is -2.25. The molecule has 0 N–H and O–H groups in total. The van der Waals surface area contributed by atoms with E-state index in [9.17, 15) is 4.79 Å². The lowest BCUT2D eigenvalue weighted by atomic mass is 10.1. The molecule has 0 spiro atoms. The van der Waals surface area contributed by atoms with Gasteiger partial charge in [-0.3, -0.25) is 4.79 Å². The van der Waals surface area contributed by atoms with Crippen molar-refractivity contribution in [2.45, 2.75) is 44.1 Å². The maximum atomic E-state index is 12.3. The molecule has 17 heavy (non-hydrogen) atoms. The minimum Gasteiger partial charge on any atom is -0.467 e. The smallest absolute Gasteiger partial charge is 0.237 e. The summed E-state index contributed by atoms with van der Waals surface area (Å²) >= 11 is 3.49. The minimum absolute atomic E-state index is 0.0990. The average Bonchev–Trinajstić information content (AvgIpc) is 3.01. The van der Waals surface area contributed by atoms with Gasteiger partial charge < -0.3 is 9.32 Å². The standard InChI is InChI=1S/C13H18BrNO2/c1-9(2)12(14)13(16)15(10-5-6-10)8-11-4-3-7-17-11/h3-4,7,9-10,12H,5-6,8H2,1-2H3. The zero-order valence-corrected chi connectivity index (χ0v) is 11.8. The molecular weight excluding hydrogens is 282 g/mol. The molecule has 1 aliphatic carbocycles. The topological polar surface area (TPSA) is 33.5 Å². The first-order chi connectivity index (χ1) is 8.09. The normalized spacial score (nSPS) is 17.2. The van der Waals surface area contributed by atoms with Gasteiger partial charge in [0.2, 0.25) is 5.91 Å². The van der Waals surface area contributed by atoms with Crippen LogP contribution >= 0.6 is 15.9 Å². The molecule has 0 radical (unpaired) electrons. The maximum Gasteiger partial charge on any atom is 0.237 e. The van der Waals surface area contributed by atoms with E-state index in [0.29, 0.717) is 18.5 Å². The first kappa shape index (κ1) is 12.7. The zero-order chi connectivity index (χ0) is 12.4. The number of hydrogen-bond donors (Lipinski definition) is 0. The molecular formula is C13H18BrNO2. The lowest BCUT2D eigenvalue weighted by Crippen LogP contribution is -2.39. The van der Waals surface area contributed by atoms with Crippen LogP contribution in [-0.2, 0) is 11.3 Å². The highest BCUT2D eigenvalue weighted by atomic mass is 79.9. The Hall–Kier alpha value is -0.770. The number of furan rings is 1. The molecule has 1 aliphatic rings. The Bertz CT molecular complexity index is 371. The Morgan fingerprint density at radius 2 is 2.29 bits per heavy atom. The van der Waals surface area contributed by atoms with Crippen molar-refractivity contribution in [2.24, 2.45) is 5.92 Å². The molecule has 0 bridgehead atoms. The molecule has 1 atom stereocenters. The Morgan fingerprint density at radius 1 is 1.59 bits per heavy atom. The fraction of sp³-hybridized carbons (Fsp3) is 0.615. The number of nitrogens with zero attached hydrogens (tertiary/aromatic N) is 1. The highest BCUT2D eigenvalue weighted by molar-refractivity contribution is 9.10. The molecule has 1 heterocycles. The van der Waals surface area contributed by atoms with Crippen molar-refractivity contribution in [1.82, 2.24) is 4.90 Å². The van der Waals surface area contributed by atoms with E-state index in [-0.39, 0.29) is 10.7 Å². The minimum atomic E-state index is -0.0990. The molecule has 1 amide bonds.